The van der Waals surface area contributed by atoms with Crippen molar-refractivity contribution in [3.63, 3.8) is 0 Å². The number of carbonyl (C=O) groups excluding carboxylic acids is 1. The van der Waals surface area contributed by atoms with E-state index in [1.807, 2.05) is 0 Å². The van der Waals surface area contributed by atoms with Crippen LogP contribution in [0.4, 0.5) is 0 Å². The molecular weight excluding hydrogens is 404 g/mol. The molecule has 1 heterocycles. The van der Waals surface area contributed by atoms with Gasteiger partial charge in [-0.3, -0.25) is 4.79 Å². The van der Waals surface area contributed by atoms with Gasteiger partial charge in [-0.15, -0.1) is 0 Å². The number of carbonyl (C=O) groups is 2. The zero-order valence-electron chi connectivity index (χ0n) is 12.2. The number of ether oxygens (including phenoxy) is 1. The number of hydrogen-bond donors (Lipinski definition) is 2. The van der Waals surface area contributed by atoms with Gasteiger partial charge in [0.15, 0.2) is 5.75 Å². The molecule has 0 spiro atoms. The molecule has 0 fully saturated rings. The lowest BCUT2D eigenvalue weighted by atomic mass is 10.2. The lowest BCUT2D eigenvalue weighted by molar-refractivity contribution is 0.0692. The highest BCUT2D eigenvalue weighted by Crippen LogP contribution is 2.22. The molecule has 2 aromatic rings. The zero-order valence-corrected chi connectivity index (χ0v) is 14.6. The molecule has 126 valence electrons. The number of pyridine rings is 1. The van der Waals surface area contributed by atoms with Crippen LogP contribution in [-0.4, -0.2) is 37.5 Å². The van der Waals surface area contributed by atoms with Gasteiger partial charge in [0.25, 0.3) is 15.9 Å². The standard InChI is InChI=1S/C14H11BrN2O6S/c1-23-10-7-6-9(16-12(10)15)13(18)17-24(21,22)11-5-3-2-4-8(11)14(19)20/h2-7H,1H3,(H,17,18)(H,19,20). The molecule has 2 N–H and O–H groups in total. The first kappa shape index (κ1) is 17.9. The maximum atomic E-state index is 12.3. The van der Waals surface area contributed by atoms with E-state index in [0.717, 1.165) is 12.1 Å². The molecule has 1 aromatic heterocycles. The topological polar surface area (TPSA) is 123 Å². The van der Waals surface area contributed by atoms with Crippen molar-refractivity contribution in [1.29, 1.82) is 0 Å². The predicted molar refractivity (Wildman–Crippen MR) is 86.5 cm³/mol. The van der Waals surface area contributed by atoms with Crippen LogP contribution in [0.3, 0.4) is 0 Å². The fraction of sp³-hybridized carbons (Fsp3) is 0.0714. The number of amides is 1. The van der Waals surface area contributed by atoms with Crippen LogP contribution in [0, 0.1) is 0 Å². The molecule has 24 heavy (non-hydrogen) atoms. The summed E-state index contributed by atoms with van der Waals surface area (Å²) in [6.45, 7) is 0. The van der Waals surface area contributed by atoms with Gasteiger partial charge in [0.1, 0.15) is 15.2 Å². The molecule has 1 amide bonds. The van der Waals surface area contributed by atoms with Crippen LogP contribution in [0.5, 0.6) is 5.75 Å². The Morgan fingerprint density at radius 3 is 2.46 bits per heavy atom. The van der Waals surface area contributed by atoms with Gasteiger partial charge in [-0.25, -0.2) is 22.9 Å². The minimum atomic E-state index is -4.38. The van der Waals surface area contributed by atoms with E-state index in [4.69, 9.17) is 9.84 Å². The van der Waals surface area contributed by atoms with Gasteiger partial charge >= 0.3 is 5.97 Å². The molecule has 0 aliphatic carbocycles. The van der Waals surface area contributed by atoms with Crippen LogP contribution in [0.25, 0.3) is 0 Å². The number of benzene rings is 1. The van der Waals surface area contributed by atoms with E-state index in [1.165, 1.54) is 31.4 Å². The molecule has 0 aliphatic heterocycles. The second kappa shape index (κ2) is 6.97. The summed E-state index contributed by atoms with van der Waals surface area (Å²) in [6, 6.07) is 7.67. The van der Waals surface area contributed by atoms with Gasteiger partial charge in [0.2, 0.25) is 0 Å². The number of aromatic nitrogens is 1. The third-order valence-corrected chi connectivity index (χ3v) is 4.86. The summed E-state index contributed by atoms with van der Waals surface area (Å²) in [7, 11) is -2.97. The Morgan fingerprint density at radius 2 is 1.88 bits per heavy atom. The molecule has 0 aliphatic rings. The highest BCUT2D eigenvalue weighted by molar-refractivity contribution is 9.10. The Labute approximate surface area is 145 Å². The van der Waals surface area contributed by atoms with Gasteiger partial charge in [0.05, 0.1) is 12.7 Å². The SMILES string of the molecule is COc1ccc(C(=O)NS(=O)(=O)c2ccccc2C(=O)O)nc1Br. The number of rotatable bonds is 5. The minimum Gasteiger partial charge on any atom is -0.494 e. The number of carboxylic acid groups (broad SMARTS) is 1. The van der Waals surface area contributed by atoms with Crippen molar-refractivity contribution in [3.8, 4) is 5.75 Å². The molecule has 0 radical (unpaired) electrons. The van der Waals surface area contributed by atoms with Gasteiger partial charge < -0.3 is 9.84 Å². The quantitative estimate of drug-likeness (QED) is 0.713. The predicted octanol–water partition coefficient (Wildman–Crippen LogP) is 1.67. The number of halogens is 1. The molecule has 0 atom stereocenters. The monoisotopic (exact) mass is 414 g/mol. The number of nitrogens with zero attached hydrogens (tertiary/aromatic N) is 1. The van der Waals surface area contributed by atoms with E-state index in [0.29, 0.717) is 5.75 Å². The largest absolute Gasteiger partial charge is 0.494 e. The van der Waals surface area contributed by atoms with Crippen LogP contribution in [0.15, 0.2) is 45.9 Å². The normalized spacial score (nSPS) is 10.9. The van der Waals surface area contributed by atoms with E-state index in [1.54, 1.807) is 4.72 Å². The van der Waals surface area contributed by atoms with Gasteiger partial charge in [-0.2, -0.15) is 0 Å². The molecule has 0 bridgehead atoms. The fourth-order valence-corrected chi connectivity index (χ4v) is 3.45. The van der Waals surface area contributed by atoms with Gasteiger partial charge in [0, 0.05) is 0 Å². The van der Waals surface area contributed by atoms with E-state index >= 15 is 0 Å². The Bertz CT molecular complexity index is 913. The van der Waals surface area contributed by atoms with Crippen molar-refractivity contribution < 1.29 is 27.9 Å². The molecule has 0 unspecified atom stereocenters. The van der Waals surface area contributed by atoms with E-state index in [9.17, 15) is 18.0 Å². The first-order valence-electron chi connectivity index (χ1n) is 6.36. The minimum absolute atomic E-state index is 0.181. The Morgan fingerprint density at radius 1 is 1.21 bits per heavy atom. The molecule has 0 saturated heterocycles. The average molecular weight is 415 g/mol. The van der Waals surface area contributed by atoms with Crippen molar-refractivity contribution >= 4 is 37.8 Å². The summed E-state index contributed by atoms with van der Waals surface area (Å²) in [5, 5.41) is 9.06. The van der Waals surface area contributed by atoms with E-state index in [2.05, 4.69) is 20.9 Å². The summed E-state index contributed by atoms with van der Waals surface area (Å²) >= 11 is 3.09. The third-order valence-electron chi connectivity index (χ3n) is 2.90. The van der Waals surface area contributed by atoms with Crippen LogP contribution < -0.4 is 9.46 Å². The number of methoxy groups -OCH3 is 1. The second-order valence-corrected chi connectivity index (χ2v) is 6.83. The smallest absolute Gasteiger partial charge is 0.337 e. The number of carboxylic acids is 1. The second-order valence-electron chi connectivity index (χ2n) is 4.43. The van der Waals surface area contributed by atoms with Crippen molar-refractivity contribution in [2.24, 2.45) is 0 Å². The Kier molecular flexibility index (Phi) is 5.20. The molecule has 2 rings (SSSR count). The molecular formula is C14H11BrN2O6S. The maximum Gasteiger partial charge on any atom is 0.337 e. The number of hydrogen-bond acceptors (Lipinski definition) is 6. The molecule has 10 heteroatoms. The maximum absolute atomic E-state index is 12.3. The lowest BCUT2D eigenvalue weighted by Gasteiger charge is -2.09. The van der Waals surface area contributed by atoms with Crippen LogP contribution in [-0.2, 0) is 10.0 Å². The van der Waals surface area contributed by atoms with Crippen LogP contribution in [0.1, 0.15) is 20.8 Å². The summed E-state index contributed by atoms with van der Waals surface area (Å²) in [4.78, 5) is 26.6. The van der Waals surface area contributed by atoms with Crippen molar-refractivity contribution in [2.75, 3.05) is 7.11 Å². The summed E-state index contributed by atoms with van der Waals surface area (Å²) in [5.74, 6) is -2.06. The van der Waals surface area contributed by atoms with Crippen LogP contribution >= 0.6 is 15.9 Å². The third kappa shape index (κ3) is 3.71. The van der Waals surface area contributed by atoms with Crippen molar-refractivity contribution in [2.45, 2.75) is 4.90 Å². The highest BCUT2D eigenvalue weighted by Gasteiger charge is 2.25. The highest BCUT2D eigenvalue weighted by atomic mass is 79.9. The summed E-state index contributed by atoms with van der Waals surface area (Å²) in [5.41, 5.74) is -0.624. The number of sulfonamides is 1. The fourth-order valence-electron chi connectivity index (χ4n) is 1.81. The Balaban J connectivity index is 2.34. The van der Waals surface area contributed by atoms with Crippen LogP contribution in [0.2, 0.25) is 0 Å². The van der Waals surface area contributed by atoms with Crippen molar-refractivity contribution in [3.05, 3.63) is 52.3 Å². The van der Waals surface area contributed by atoms with Gasteiger partial charge in [-0.05, 0) is 40.2 Å². The lowest BCUT2D eigenvalue weighted by Crippen LogP contribution is -2.32. The summed E-state index contributed by atoms with van der Waals surface area (Å²) in [6.07, 6.45) is 0. The van der Waals surface area contributed by atoms with Crippen molar-refractivity contribution in [1.82, 2.24) is 9.71 Å². The number of aromatic carboxylic acids is 1. The van der Waals surface area contributed by atoms with E-state index in [-0.39, 0.29) is 10.3 Å². The molecule has 0 saturated carbocycles. The summed E-state index contributed by atoms with van der Waals surface area (Å²) < 4.78 is 31.6. The van der Waals surface area contributed by atoms with Gasteiger partial charge in [-0.1, -0.05) is 12.1 Å². The van der Waals surface area contributed by atoms with E-state index < -0.39 is 32.4 Å². The first-order chi connectivity index (χ1) is 11.3. The average Bonchev–Trinajstić information content (AvgIpc) is 2.54. The number of nitrogens with one attached hydrogen (secondary N) is 1. The Hall–Kier alpha value is -2.46. The zero-order chi connectivity index (χ0) is 17.9. The molecule has 1 aromatic carbocycles. The first-order valence-corrected chi connectivity index (χ1v) is 8.64. The molecule has 8 nitrogen and oxygen atoms in total.